The minimum atomic E-state index is 0.261. The molecule has 1 aliphatic rings. The Kier molecular flexibility index (Phi) is 4.30. The Bertz CT molecular complexity index is 504. The molecule has 0 bridgehead atoms. The van der Waals surface area contributed by atoms with Crippen molar-refractivity contribution in [3.05, 3.63) is 65.8 Å². The van der Waals surface area contributed by atoms with Crippen LogP contribution in [0.4, 0.5) is 0 Å². The summed E-state index contributed by atoms with van der Waals surface area (Å²) in [5, 5.41) is 0. The number of carbonyl (C=O) groups excluding carboxylic acids is 1. The van der Waals surface area contributed by atoms with Gasteiger partial charge in [-0.15, -0.1) is 0 Å². The number of hydrogen-bond donors (Lipinski definition) is 0. The lowest BCUT2D eigenvalue weighted by Gasteiger charge is -2.00. The molecule has 0 heterocycles. The first kappa shape index (κ1) is 12.6. The van der Waals surface area contributed by atoms with E-state index in [0.717, 1.165) is 12.8 Å². The lowest BCUT2D eigenvalue weighted by molar-refractivity contribution is -0.116. The fraction of sp³-hybridized carbons (Fsp3) is 0.235. The number of carbonyl (C=O) groups is 1. The fourth-order valence-corrected chi connectivity index (χ4v) is 2.01. The van der Waals surface area contributed by atoms with Gasteiger partial charge in [-0.25, -0.2) is 0 Å². The maximum absolute atomic E-state index is 11.0. The van der Waals surface area contributed by atoms with Gasteiger partial charge in [0.25, 0.3) is 0 Å². The van der Waals surface area contributed by atoms with Crippen molar-refractivity contribution >= 4 is 11.4 Å². The highest BCUT2D eigenvalue weighted by Crippen LogP contribution is 2.22. The van der Waals surface area contributed by atoms with E-state index >= 15 is 0 Å². The Hall–Kier alpha value is -1.89. The second kappa shape index (κ2) is 6.15. The number of benzene rings is 1. The van der Waals surface area contributed by atoms with Crippen LogP contribution in [0.2, 0.25) is 0 Å². The van der Waals surface area contributed by atoms with E-state index in [4.69, 9.17) is 0 Å². The molecule has 2 rings (SSSR count). The van der Waals surface area contributed by atoms with Gasteiger partial charge in [-0.3, -0.25) is 0 Å². The highest BCUT2D eigenvalue weighted by molar-refractivity contribution is 5.77. The minimum absolute atomic E-state index is 0.261. The van der Waals surface area contributed by atoms with E-state index < -0.39 is 0 Å². The van der Waals surface area contributed by atoms with Crippen LogP contribution in [0.5, 0.6) is 0 Å². The van der Waals surface area contributed by atoms with E-state index in [2.05, 4.69) is 48.6 Å². The maximum Gasteiger partial charge on any atom is 0.130 e. The smallest absolute Gasteiger partial charge is 0.130 e. The predicted octanol–water partition coefficient (Wildman–Crippen LogP) is 4.33. The van der Waals surface area contributed by atoms with E-state index in [1.165, 1.54) is 16.7 Å². The molecule has 1 nitrogen and oxygen atoms in total. The van der Waals surface area contributed by atoms with Crippen molar-refractivity contribution < 1.29 is 4.79 Å². The van der Waals surface area contributed by atoms with Crippen LogP contribution in [0.25, 0.3) is 5.57 Å². The van der Waals surface area contributed by atoms with Gasteiger partial charge in [0.05, 0.1) is 0 Å². The van der Waals surface area contributed by atoms with E-state index in [1.807, 2.05) is 6.07 Å². The van der Waals surface area contributed by atoms with Gasteiger partial charge >= 0.3 is 0 Å². The largest absolute Gasteiger partial charge is 0.300 e. The summed E-state index contributed by atoms with van der Waals surface area (Å²) in [5.74, 6) is 0.261. The zero-order valence-electron chi connectivity index (χ0n) is 10.7. The number of allylic oxidation sites excluding steroid dienone is 6. The van der Waals surface area contributed by atoms with E-state index in [1.54, 1.807) is 6.92 Å². The maximum atomic E-state index is 11.0. The summed E-state index contributed by atoms with van der Waals surface area (Å²) < 4.78 is 0. The third kappa shape index (κ3) is 3.56. The quantitative estimate of drug-likeness (QED) is 0.763. The van der Waals surface area contributed by atoms with Crippen LogP contribution in [-0.4, -0.2) is 5.78 Å². The average Bonchev–Trinajstić information content (AvgIpc) is 2.63. The summed E-state index contributed by atoms with van der Waals surface area (Å²) in [6.45, 7) is 1.65. The molecule has 0 saturated heterocycles. The molecule has 1 heteroatoms. The summed E-state index contributed by atoms with van der Waals surface area (Å²) in [5.41, 5.74) is 3.79. The summed E-state index contributed by atoms with van der Waals surface area (Å²) in [6.07, 6.45) is 11.1. The summed E-state index contributed by atoms with van der Waals surface area (Å²) in [4.78, 5) is 11.0. The number of rotatable bonds is 4. The van der Waals surface area contributed by atoms with Crippen molar-refractivity contribution in [1.82, 2.24) is 0 Å². The Morgan fingerprint density at radius 1 is 1.17 bits per heavy atom. The molecule has 0 fully saturated rings. The monoisotopic (exact) mass is 238 g/mol. The fourth-order valence-electron chi connectivity index (χ4n) is 2.01. The number of ketones is 1. The van der Waals surface area contributed by atoms with Gasteiger partial charge in [0.15, 0.2) is 0 Å². The van der Waals surface area contributed by atoms with Gasteiger partial charge in [-0.05, 0) is 30.9 Å². The lowest BCUT2D eigenvalue weighted by Crippen LogP contribution is -1.91. The molecule has 0 aromatic heterocycles. The first-order valence-electron chi connectivity index (χ1n) is 6.37. The SMILES string of the molecule is CC(=O)CCC1=CC=C(c2ccccc2)C=CC1. The molecule has 0 N–H and O–H groups in total. The van der Waals surface area contributed by atoms with Crippen molar-refractivity contribution in [3.63, 3.8) is 0 Å². The Balaban J connectivity index is 2.13. The van der Waals surface area contributed by atoms with Gasteiger partial charge in [0, 0.05) is 6.42 Å². The highest BCUT2D eigenvalue weighted by Gasteiger charge is 2.03. The van der Waals surface area contributed by atoms with Crippen LogP contribution < -0.4 is 0 Å². The summed E-state index contributed by atoms with van der Waals surface area (Å²) >= 11 is 0. The Morgan fingerprint density at radius 3 is 2.67 bits per heavy atom. The zero-order valence-corrected chi connectivity index (χ0v) is 10.7. The van der Waals surface area contributed by atoms with Crippen LogP contribution in [-0.2, 0) is 4.79 Å². The molecule has 18 heavy (non-hydrogen) atoms. The average molecular weight is 238 g/mol. The molecule has 0 amide bonds. The number of Topliss-reactive ketones (excluding diaryl/α,β-unsaturated/α-hetero) is 1. The van der Waals surface area contributed by atoms with Gasteiger partial charge in [0.1, 0.15) is 5.78 Å². The third-order valence-corrected chi connectivity index (χ3v) is 3.08. The van der Waals surface area contributed by atoms with Crippen LogP contribution in [0, 0.1) is 0 Å². The molecule has 0 saturated carbocycles. The topological polar surface area (TPSA) is 17.1 Å². The molecule has 1 aliphatic carbocycles. The Labute approximate surface area is 109 Å². The molecular formula is C17H18O. The van der Waals surface area contributed by atoms with E-state index in [0.29, 0.717) is 6.42 Å². The van der Waals surface area contributed by atoms with Crippen molar-refractivity contribution in [2.75, 3.05) is 0 Å². The standard InChI is InChI=1S/C17H18O/c1-14(18)10-11-15-6-5-9-17(13-12-15)16-7-3-2-4-8-16/h2-5,7-9,12-13H,6,10-11H2,1H3. The minimum Gasteiger partial charge on any atom is -0.300 e. The third-order valence-electron chi connectivity index (χ3n) is 3.08. The van der Waals surface area contributed by atoms with Crippen molar-refractivity contribution in [2.24, 2.45) is 0 Å². The van der Waals surface area contributed by atoms with E-state index in [-0.39, 0.29) is 5.78 Å². The normalized spacial score (nSPS) is 14.7. The van der Waals surface area contributed by atoms with Crippen LogP contribution in [0.15, 0.2) is 60.2 Å². The molecule has 0 spiro atoms. The second-order valence-electron chi connectivity index (χ2n) is 4.62. The van der Waals surface area contributed by atoms with Crippen molar-refractivity contribution in [1.29, 1.82) is 0 Å². The lowest BCUT2D eigenvalue weighted by atomic mass is 10.1. The molecule has 92 valence electrons. The first-order chi connectivity index (χ1) is 8.75. The Morgan fingerprint density at radius 2 is 1.94 bits per heavy atom. The molecule has 0 unspecified atom stereocenters. The zero-order chi connectivity index (χ0) is 12.8. The molecule has 0 aliphatic heterocycles. The predicted molar refractivity (Wildman–Crippen MR) is 76.2 cm³/mol. The van der Waals surface area contributed by atoms with Crippen LogP contribution in [0.1, 0.15) is 31.7 Å². The molecule has 0 radical (unpaired) electrons. The van der Waals surface area contributed by atoms with Crippen LogP contribution in [0.3, 0.4) is 0 Å². The van der Waals surface area contributed by atoms with Gasteiger partial charge < -0.3 is 4.79 Å². The summed E-state index contributed by atoms with van der Waals surface area (Å²) in [6, 6.07) is 10.4. The summed E-state index contributed by atoms with van der Waals surface area (Å²) in [7, 11) is 0. The van der Waals surface area contributed by atoms with Crippen molar-refractivity contribution in [2.45, 2.75) is 26.2 Å². The molecule has 1 aromatic carbocycles. The molecule has 1 aromatic rings. The van der Waals surface area contributed by atoms with Crippen molar-refractivity contribution in [3.8, 4) is 0 Å². The van der Waals surface area contributed by atoms with Gasteiger partial charge in [-0.1, -0.05) is 60.2 Å². The first-order valence-corrected chi connectivity index (χ1v) is 6.37. The number of hydrogen-bond acceptors (Lipinski definition) is 1. The highest BCUT2D eigenvalue weighted by atomic mass is 16.1. The molecule has 0 atom stereocenters. The van der Waals surface area contributed by atoms with E-state index in [9.17, 15) is 4.79 Å². The van der Waals surface area contributed by atoms with Crippen LogP contribution >= 0.6 is 0 Å². The molecular weight excluding hydrogens is 220 g/mol. The second-order valence-corrected chi connectivity index (χ2v) is 4.62. The van der Waals surface area contributed by atoms with Gasteiger partial charge in [0.2, 0.25) is 0 Å². The van der Waals surface area contributed by atoms with Gasteiger partial charge in [-0.2, -0.15) is 0 Å².